The van der Waals surface area contributed by atoms with Gasteiger partial charge >= 0.3 is 0 Å². The number of benzene rings is 3. The van der Waals surface area contributed by atoms with Crippen LogP contribution in [0.3, 0.4) is 0 Å². The van der Waals surface area contributed by atoms with Crippen molar-refractivity contribution in [3.05, 3.63) is 101 Å². The fourth-order valence-corrected chi connectivity index (χ4v) is 3.31. The van der Waals surface area contributed by atoms with Gasteiger partial charge in [0.25, 0.3) is 5.91 Å². The lowest BCUT2D eigenvalue weighted by molar-refractivity contribution is -0.127. The second-order valence-corrected chi connectivity index (χ2v) is 8.80. The summed E-state index contributed by atoms with van der Waals surface area (Å²) < 4.78 is 5.92. The third-order valence-corrected chi connectivity index (χ3v) is 5.23. The first-order valence-corrected chi connectivity index (χ1v) is 10.4. The number of hydrogen-bond donors (Lipinski definition) is 1. The Morgan fingerprint density at radius 3 is 1.97 bits per heavy atom. The SMILES string of the molecule is Cc1ccc([C@@H](NC(=O)[C@@H](C)Oc2ccc(C(C)(C)C)cc2)c2ccccc2)cc1. The van der Waals surface area contributed by atoms with Crippen molar-refractivity contribution in [1.29, 1.82) is 0 Å². The zero-order valence-corrected chi connectivity index (χ0v) is 18.5. The van der Waals surface area contributed by atoms with Gasteiger partial charge in [0.2, 0.25) is 0 Å². The normalized spacial score (nSPS) is 13.4. The predicted octanol–water partition coefficient (Wildman–Crippen LogP) is 5.97. The third-order valence-electron chi connectivity index (χ3n) is 5.23. The quantitative estimate of drug-likeness (QED) is 0.553. The minimum absolute atomic E-state index is 0.0818. The molecule has 1 amide bonds. The maximum Gasteiger partial charge on any atom is 0.261 e. The van der Waals surface area contributed by atoms with Crippen LogP contribution in [0, 0.1) is 6.92 Å². The Morgan fingerprint density at radius 2 is 1.40 bits per heavy atom. The Balaban J connectivity index is 1.74. The Kier molecular flexibility index (Phi) is 6.61. The molecule has 0 saturated heterocycles. The van der Waals surface area contributed by atoms with E-state index in [-0.39, 0.29) is 17.4 Å². The molecular formula is C27H31NO2. The van der Waals surface area contributed by atoms with E-state index in [2.05, 4.69) is 69.4 Å². The van der Waals surface area contributed by atoms with E-state index in [9.17, 15) is 4.79 Å². The second kappa shape index (κ2) is 9.17. The number of carbonyl (C=O) groups excluding carboxylic acids is 1. The smallest absolute Gasteiger partial charge is 0.261 e. The van der Waals surface area contributed by atoms with Gasteiger partial charge in [-0.1, -0.05) is 93.1 Å². The lowest BCUT2D eigenvalue weighted by Crippen LogP contribution is -2.39. The van der Waals surface area contributed by atoms with Crippen molar-refractivity contribution in [2.24, 2.45) is 0 Å². The van der Waals surface area contributed by atoms with Gasteiger partial charge in [-0.05, 0) is 48.1 Å². The monoisotopic (exact) mass is 401 g/mol. The molecule has 0 bridgehead atoms. The number of carbonyl (C=O) groups is 1. The highest BCUT2D eigenvalue weighted by atomic mass is 16.5. The van der Waals surface area contributed by atoms with Crippen LogP contribution in [0.15, 0.2) is 78.9 Å². The van der Waals surface area contributed by atoms with Gasteiger partial charge in [-0.2, -0.15) is 0 Å². The van der Waals surface area contributed by atoms with Crippen molar-refractivity contribution in [2.45, 2.75) is 52.2 Å². The Labute approximate surface area is 180 Å². The number of hydrogen-bond acceptors (Lipinski definition) is 2. The molecule has 0 heterocycles. The molecule has 3 heteroatoms. The van der Waals surface area contributed by atoms with Gasteiger partial charge in [0.15, 0.2) is 6.10 Å². The molecule has 30 heavy (non-hydrogen) atoms. The number of nitrogens with one attached hydrogen (secondary N) is 1. The van der Waals surface area contributed by atoms with Crippen LogP contribution in [-0.4, -0.2) is 12.0 Å². The van der Waals surface area contributed by atoms with Gasteiger partial charge in [0.1, 0.15) is 5.75 Å². The zero-order valence-electron chi connectivity index (χ0n) is 18.5. The lowest BCUT2D eigenvalue weighted by Gasteiger charge is -2.23. The maximum absolute atomic E-state index is 13.0. The molecule has 2 atom stereocenters. The number of aryl methyl sites for hydroxylation is 1. The van der Waals surface area contributed by atoms with Crippen LogP contribution >= 0.6 is 0 Å². The number of amides is 1. The molecule has 3 aromatic carbocycles. The van der Waals surface area contributed by atoms with E-state index in [0.29, 0.717) is 5.75 Å². The molecular weight excluding hydrogens is 370 g/mol. The van der Waals surface area contributed by atoms with Crippen LogP contribution in [-0.2, 0) is 10.2 Å². The van der Waals surface area contributed by atoms with Crippen molar-refractivity contribution in [3.63, 3.8) is 0 Å². The summed E-state index contributed by atoms with van der Waals surface area (Å²) in [5, 5.41) is 3.16. The van der Waals surface area contributed by atoms with E-state index in [1.165, 1.54) is 11.1 Å². The summed E-state index contributed by atoms with van der Waals surface area (Å²) in [5.74, 6) is 0.543. The number of ether oxygens (including phenoxy) is 1. The molecule has 0 aliphatic carbocycles. The summed E-state index contributed by atoms with van der Waals surface area (Å²) in [6.07, 6.45) is -0.609. The van der Waals surface area contributed by atoms with Crippen LogP contribution in [0.5, 0.6) is 5.75 Å². The van der Waals surface area contributed by atoms with E-state index in [0.717, 1.165) is 11.1 Å². The van der Waals surface area contributed by atoms with E-state index >= 15 is 0 Å². The molecule has 3 nitrogen and oxygen atoms in total. The average molecular weight is 402 g/mol. The molecule has 3 aromatic rings. The van der Waals surface area contributed by atoms with E-state index < -0.39 is 6.10 Å². The molecule has 0 aromatic heterocycles. The minimum Gasteiger partial charge on any atom is -0.481 e. The molecule has 156 valence electrons. The van der Waals surface area contributed by atoms with Crippen LogP contribution in [0.25, 0.3) is 0 Å². The van der Waals surface area contributed by atoms with Crippen molar-refractivity contribution < 1.29 is 9.53 Å². The highest BCUT2D eigenvalue weighted by Gasteiger charge is 2.22. The zero-order chi connectivity index (χ0) is 21.7. The highest BCUT2D eigenvalue weighted by Crippen LogP contribution is 2.25. The van der Waals surface area contributed by atoms with Crippen LogP contribution in [0.4, 0.5) is 0 Å². The molecule has 0 radical (unpaired) electrons. The van der Waals surface area contributed by atoms with E-state index in [1.807, 2.05) is 42.5 Å². The fraction of sp³-hybridized carbons (Fsp3) is 0.296. The molecule has 1 N–H and O–H groups in total. The molecule has 0 aliphatic heterocycles. The number of rotatable bonds is 6. The predicted molar refractivity (Wildman–Crippen MR) is 123 cm³/mol. The first-order chi connectivity index (χ1) is 14.2. The third kappa shape index (κ3) is 5.50. The summed E-state index contributed by atoms with van der Waals surface area (Å²) in [7, 11) is 0. The average Bonchev–Trinajstić information content (AvgIpc) is 2.73. The lowest BCUT2D eigenvalue weighted by atomic mass is 9.87. The molecule has 0 unspecified atom stereocenters. The summed E-state index contributed by atoms with van der Waals surface area (Å²) in [6.45, 7) is 10.4. The second-order valence-electron chi connectivity index (χ2n) is 8.80. The minimum atomic E-state index is -0.609. The van der Waals surface area contributed by atoms with Gasteiger partial charge in [0, 0.05) is 0 Å². The Hall–Kier alpha value is -3.07. The molecule has 3 rings (SSSR count). The van der Waals surface area contributed by atoms with Crippen molar-refractivity contribution in [2.75, 3.05) is 0 Å². The molecule has 0 fully saturated rings. The van der Waals surface area contributed by atoms with Crippen molar-refractivity contribution in [1.82, 2.24) is 5.32 Å². The summed E-state index contributed by atoms with van der Waals surface area (Å²) in [6, 6.07) is 26.0. The van der Waals surface area contributed by atoms with E-state index in [4.69, 9.17) is 4.74 Å². The molecule has 0 saturated carbocycles. The Bertz CT molecular complexity index is 954. The van der Waals surface area contributed by atoms with Crippen molar-refractivity contribution in [3.8, 4) is 5.75 Å². The first-order valence-electron chi connectivity index (χ1n) is 10.4. The Morgan fingerprint density at radius 1 is 0.833 bits per heavy atom. The topological polar surface area (TPSA) is 38.3 Å². The van der Waals surface area contributed by atoms with E-state index in [1.54, 1.807) is 6.92 Å². The fourth-order valence-electron chi connectivity index (χ4n) is 3.31. The standard InChI is InChI=1S/C27H31NO2/c1-19-11-13-22(14-12-19)25(21-9-7-6-8-10-21)28-26(29)20(2)30-24-17-15-23(16-18-24)27(3,4)5/h6-18,20,25H,1-5H3,(H,28,29)/t20-,25+/m1/s1. The van der Waals surface area contributed by atoms with Gasteiger partial charge < -0.3 is 10.1 Å². The summed E-state index contributed by atoms with van der Waals surface area (Å²) >= 11 is 0. The van der Waals surface area contributed by atoms with Gasteiger partial charge in [-0.15, -0.1) is 0 Å². The van der Waals surface area contributed by atoms with Crippen LogP contribution < -0.4 is 10.1 Å². The van der Waals surface area contributed by atoms with Gasteiger partial charge in [-0.3, -0.25) is 4.79 Å². The summed E-state index contributed by atoms with van der Waals surface area (Å²) in [4.78, 5) is 13.0. The maximum atomic E-state index is 13.0. The van der Waals surface area contributed by atoms with Crippen LogP contribution in [0.2, 0.25) is 0 Å². The molecule has 0 aliphatic rings. The largest absolute Gasteiger partial charge is 0.481 e. The van der Waals surface area contributed by atoms with Crippen LogP contribution in [0.1, 0.15) is 56.0 Å². The van der Waals surface area contributed by atoms with Gasteiger partial charge in [-0.25, -0.2) is 0 Å². The van der Waals surface area contributed by atoms with Gasteiger partial charge in [0.05, 0.1) is 6.04 Å². The molecule has 0 spiro atoms. The first kappa shape index (κ1) is 21.6. The highest BCUT2D eigenvalue weighted by molar-refractivity contribution is 5.81. The van der Waals surface area contributed by atoms with Crippen molar-refractivity contribution >= 4 is 5.91 Å². The summed E-state index contributed by atoms with van der Waals surface area (Å²) in [5.41, 5.74) is 4.58.